The van der Waals surface area contributed by atoms with Gasteiger partial charge in [0.15, 0.2) is 5.82 Å². The molecule has 2 aromatic carbocycles. The van der Waals surface area contributed by atoms with Crippen molar-refractivity contribution < 1.29 is 26.0 Å². The molecular formula is C21H17ClF4N4O2S. The Morgan fingerprint density at radius 2 is 1.55 bits per heavy atom. The third-order valence-electron chi connectivity index (χ3n) is 5.23. The number of halogens is 5. The fourth-order valence-electron chi connectivity index (χ4n) is 3.46. The van der Waals surface area contributed by atoms with Crippen LogP contribution in [0.3, 0.4) is 0 Å². The van der Waals surface area contributed by atoms with Gasteiger partial charge in [0.25, 0.3) is 0 Å². The van der Waals surface area contributed by atoms with Crippen LogP contribution in [0.4, 0.5) is 23.4 Å². The van der Waals surface area contributed by atoms with E-state index in [1.54, 1.807) is 24.3 Å². The largest absolute Gasteiger partial charge is 0.419 e. The van der Waals surface area contributed by atoms with Crippen LogP contribution in [0.5, 0.6) is 0 Å². The van der Waals surface area contributed by atoms with Crippen LogP contribution >= 0.6 is 11.6 Å². The van der Waals surface area contributed by atoms with Crippen molar-refractivity contribution >= 4 is 27.4 Å². The summed E-state index contributed by atoms with van der Waals surface area (Å²) in [5, 5.41) is 9.01. The molecule has 0 spiro atoms. The van der Waals surface area contributed by atoms with Gasteiger partial charge in [0, 0.05) is 36.8 Å². The van der Waals surface area contributed by atoms with Crippen molar-refractivity contribution in [3.05, 3.63) is 71.0 Å². The van der Waals surface area contributed by atoms with Gasteiger partial charge in [-0.3, -0.25) is 0 Å². The molecule has 12 heteroatoms. The molecule has 0 atom stereocenters. The molecule has 0 saturated carbocycles. The van der Waals surface area contributed by atoms with Gasteiger partial charge in [-0.05, 0) is 42.5 Å². The minimum absolute atomic E-state index is 0.0294. The molecule has 1 saturated heterocycles. The molecular weight excluding hydrogens is 484 g/mol. The minimum Gasteiger partial charge on any atom is -0.352 e. The number of hydrogen-bond acceptors (Lipinski definition) is 5. The van der Waals surface area contributed by atoms with E-state index in [-0.39, 0.29) is 26.2 Å². The number of piperazine rings is 1. The van der Waals surface area contributed by atoms with Gasteiger partial charge in [-0.2, -0.15) is 17.5 Å². The van der Waals surface area contributed by atoms with Gasteiger partial charge in [0.2, 0.25) is 10.0 Å². The predicted molar refractivity (Wildman–Crippen MR) is 115 cm³/mol. The predicted octanol–water partition coefficient (Wildman–Crippen LogP) is 4.47. The first-order chi connectivity index (χ1) is 15.6. The Morgan fingerprint density at radius 1 is 0.879 bits per heavy atom. The minimum atomic E-state index is -4.99. The first kappa shape index (κ1) is 23.4. The number of anilines is 1. The van der Waals surface area contributed by atoms with Gasteiger partial charge in [-0.15, -0.1) is 10.2 Å². The lowest BCUT2D eigenvalue weighted by molar-refractivity contribution is -0.140. The van der Waals surface area contributed by atoms with Crippen LogP contribution in [0.1, 0.15) is 5.56 Å². The maximum Gasteiger partial charge on any atom is 0.419 e. The summed E-state index contributed by atoms with van der Waals surface area (Å²) in [6.07, 6.45) is -4.99. The Balaban J connectivity index is 1.46. The van der Waals surface area contributed by atoms with E-state index >= 15 is 0 Å². The zero-order chi connectivity index (χ0) is 23.8. The van der Waals surface area contributed by atoms with Crippen molar-refractivity contribution in [2.24, 2.45) is 0 Å². The second-order valence-electron chi connectivity index (χ2n) is 7.31. The lowest BCUT2D eigenvalue weighted by Crippen LogP contribution is -2.49. The van der Waals surface area contributed by atoms with E-state index in [9.17, 15) is 26.0 Å². The number of hydrogen-bond donors (Lipinski definition) is 0. The van der Waals surface area contributed by atoms with Crippen molar-refractivity contribution in [1.29, 1.82) is 0 Å². The molecule has 0 aliphatic carbocycles. The Kier molecular flexibility index (Phi) is 6.30. The number of nitrogens with zero attached hydrogens (tertiary/aromatic N) is 4. The average molecular weight is 501 g/mol. The Bertz CT molecular complexity index is 1240. The molecule has 1 fully saturated rings. The Hall–Kier alpha value is -2.76. The van der Waals surface area contributed by atoms with E-state index in [1.807, 2.05) is 17.0 Å². The van der Waals surface area contributed by atoms with Gasteiger partial charge in [-0.1, -0.05) is 23.7 Å². The maximum atomic E-state index is 13.5. The molecule has 0 unspecified atom stereocenters. The zero-order valence-corrected chi connectivity index (χ0v) is 18.5. The third kappa shape index (κ3) is 4.94. The molecule has 0 bridgehead atoms. The van der Waals surface area contributed by atoms with Crippen LogP contribution in [0.15, 0.2) is 59.5 Å². The highest BCUT2D eigenvalue weighted by Gasteiger charge is 2.37. The van der Waals surface area contributed by atoms with E-state index in [4.69, 9.17) is 11.6 Å². The smallest absolute Gasteiger partial charge is 0.352 e. The topological polar surface area (TPSA) is 66.4 Å². The van der Waals surface area contributed by atoms with E-state index < -0.39 is 32.5 Å². The highest BCUT2D eigenvalue weighted by atomic mass is 35.5. The molecule has 1 aliphatic rings. The molecule has 6 nitrogen and oxygen atoms in total. The molecule has 0 radical (unpaired) electrons. The fourth-order valence-corrected chi connectivity index (χ4v) is 5.03. The molecule has 3 aromatic rings. The molecule has 1 aliphatic heterocycles. The highest BCUT2D eigenvalue weighted by Crippen LogP contribution is 2.33. The quantitative estimate of drug-likeness (QED) is 0.495. The van der Waals surface area contributed by atoms with Crippen molar-refractivity contribution in [2.45, 2.75) is 11.1 Å². The Labute approximate surface area is 192 Å². The van der Waals surface area contributed by atoms with Crippen molar-refractivity contribution in [3.8, 4) is 11.3 Å². The second-order valence-corrected chi connectivity index (χ2v) is 9.69. The van der Waals surface area contributed by atoms with Crippen molar-refractivity contribution in [1.82, 2.24) is 14.5 Å². The fraction of sp³-hybridized carbons (Fsp3) is 0.238. The lowest BCUT2D eigenvalue weighted by Gasteiger charge is -2.34. The summed E-state index contributed by atoms with van der Waals surface area (Å²) in [7, 11) is -4.22. The molecule has 1 aromatic heterocycles. The number of alkyl halides is 3. The number of aromatic nitrogens is 2. The molecule has 0 N–H and O–H groups in total. The SMILES string of the molecule is O=S(=O)(c1ccc(F)c(C(F)(F)F)c1)N1CCN(c2ccc(-c3ccc(Cl)cc3)nn2)CC1. The van der Waals surface area contributed by atoms with E-state index in [0.29, 0.717) is 28.7 Å². The van der Waals surface area contributed by atoms with Gasteiger partial charge >= 0.3 is 6.18 Å². The summed E-state index contributed by atoms with van der Waals surface area (Å²) in [6, 6.07) is 12.3. The lowest BCUT2D eigenvalue weighted by atomic mass is 10.1. The molecule has 2 heterocycles. The van der Waals surface area contributed by atoms with Crippen LogP contribution < -0.4 is 4.90 Å². The summed E-state index contributed by atoms with van der Waals surface area (Å²) in [6.45, 7) is 0.590. The first-order valence-electron chi connectivity index (χ1n) is 9.77. The summed E-state index contributed by atoms with van der Waals surface area (Å²) < 4.78 is 79.2. The number of rotatable bonds is 4. The normalized spacial score (nSPS) is 15.6. The van der Waals surface area contributed by atoms with Crippen LogP contribution in [0, 0.1) is 5.82 Å². The monoisotopic (exact) mass is 500 g/mol. The van der Waals surface area contributed by atoms with Crippen molar-refractivity contribution in [3.63, 3.8) is 0 Å². The van der Waals surface area contributed by atoms with E-state index in [0.717, 1.165) is 15.9 Å². The van der Waals surface area contributed by atoms with E-state index in [2.05, 4.69) is 10.2 Å². The maximum absolute atomic E-state index is 13.5. The third-order valence-corrected chi connectivity index (χ3v) is 7.38. The first-order valence-corrected chi connectivity index (χ1v) is 11.6. The standard InChI is InChI=1S/C21H17ClF4N4O2S/c22-15-3-1-14(2-4-15)19-7-8-20(28-27-19)29-9-11-30(12-10-29)33(31,32)16-5-6-18(23)17(13-16)21(24,25)26/h1-8,13H,9-12H2. The highest BCUT2D eigenvalue weighted by molar-refractivity contribution is 7.89. The van der Waals surface area contributed by atoms with Crippen molar-refractivity contribution in [2.75, 3.05) is 31.1 Å². The summed E-state index contributed by atoms with van der Waals surface area (Å²) in [5.41, 5.74) is -0.126. The Morgan fingerprint density at radius 3 is 2.12 bits per heavy atom. The van der Waals surface area contributed by atoms with Crippen LogP contribution in [-0.4, -0.2) is 49.1 Å². The van der Waals surface area contributed by atoms with Gasteiger partial charge in [0.1, 0.15) is 5.82 Å². The molecule has 4 rings (SSSR count). The summed E-state index contributed by atoms with van der Waals surface area (Å²) >= 11 is 5.89. The van der Waals surface area contributed by atoms with Gasteiger partial charge in [0.05, 0.1) is 16.2 Å². The summed E-state index contributed by atoms with van der Waals surface area (Å²) in [4.78, 5) is 1.23. The zero-order valence-electron chi connectivity index (χ0n) is 16.9. The van der Waals surface area contributed by atoms with Crippen LogP contribution in [0.25, 0.3) is 11.3 Å². The van der Waals surface area contributed by atoms with Crippen LogP contribution in [0.2, 0.25) is 5.02 Å². The summed E-state index contributed by atoms with van der Waals surface area (Å²) in [5.74, 6) is -0.974. The van der Waals surface area contributed by atoms with Crippen LogP contribution in [-0.2, 0) is 16.2 Å². The second kappa shape index (κ2) is 8.88. The molecule has 0 amide bonds. The number of benzene rings is 2. The van der Waals surface area contributed by atoms with Gasteiger partial charge < -0.3 is 4.90 Å². The van der Waals surface area contributed by atoms with Gasteiger partial charge in [-0.25, -0.2) is 12.8 Å². The molecule has 33 heavy (non-hydrogen) atoms. The average Bonchev–Trinajstić information content (AvgIpc) is 2.79. The number of sulfonamides is 1. The van der Waals surface area contributed by atoms with E-state index in [1.165, 1.54) is 0 Å². The molecule has 174 valence electrons.